The maximum atomic E-state index is 12.5. The predicted octanol–water partition coefficient (Wildman–Crippen LogP) is 3.14. The second-order valence-corrected chi connectivity index (χ2v) is 6.50. The molecule has 2 unspecified atom stereocenters. The normalized spacial score (nSPS) is 21.7. The van der Waals surface area contributed by atoms with Crippen molar-refractivity contribution >= 4 is 11.9 Å². The van der Waals surface area contributed by atoms with Crippen LogP contribution in [0.1, 0.15) is 51.1 Å². The van der Waals surface area contributed by atoms with Crippen molar-refractivity contribution in [1.29, 1.82) is 0 Å². The van der Waals surface area contributed by atoms with Gasteiger partial charge in [-0.25, -0.2) is 0 Å². The van der Waals surface area contributed by atoms with Crippen molar-refractivity contribution in [2.24, 2.45) is 11.3 Å². The molecule has 0 bridgehead atoms. The number of benzene rings is 1. The van der Waals surface area contributed by atoms with Crippen molar-refractivity contribution in [2.45, 2.75) is 45.6 Å². The lowest BCUT2D eigenvalue weighted by molar-refractivity contribution is -0.138. The van der Waals surface area contributed by atoms with Gasteiger partial charge in [-0.15, -0.1) is 0 Å². The fourth-order valence-electron chi connectivity index (χ4n) is 3.20. The van der Waals surface area contributed by atoms with E-state index in [1.165, 1.54) is 0 Å². The van der Waals surface area contributed by atoms with Gasteiger partial charge in [-0.05, 0) is 23.8 Å². The number of carboxylic acids is 1. The second-order valence-electron chi connectivity index (χ2n) is 6.50. The van der Waals surface area contributed by atoms with E-state index in [2.05, 4.69) is 19.2 Å². The summed E-state index contributed by atoms with van der Waals surface area (Å²) in [6.45, 7) is 4.22. The molecule has 1 aromatic rings. The molecule has 0 aliphatic heterocycles. The fourth-order valence-corrected chi connectivity index (χ4v) is 3.20. The Bertz CT molecular complexity index is 510. The molecule has 0 saturated heterocycles. The van der Waals surface area contributed by atoms with Crippen LogP contribution in [0.25, 0.3) is 0 Å². The van der Waals surface area contributed by atoms with Crippen LogP contribution in [0.5, 0.6) is 0 Å². The third kappa shape index (κ3) is 3.84. The van der Waals surface area contributed by atoms with Crippen LogP contribution in [0.2, 0.25) is 0 Å². The Morgan fingerprint density at radius 3 is 2.52 bits per heavy atom. The van der Waals surface area contributed by atoms with Gasteiger partial charge in [0.1, 0.15) is 0 Å². The van der Waals surface area contributed by atoms with E-state index in [4.69, 9.17) is 5.11 Å². The van der Waals surface area contributed by atoms with Gasteiger partial charge in [0.05, 0.1) is 12.5 Å². The van der Waals surface area contributed by atoms with Crippen LogP contribution in [-0.4, -0.2) is 17.0 Å². The third-order valence-corrected chi connectivity index (χ3v) is 4.47. The van der Waals surface area contributed by atoms with Crippen LogP contribution in [0.15, 0.2) is 30.3 Å². The molecule has 2 rings (SSSR count). The fraction of sp³-hybridized carbons (Fsp3) is 0.529. The molecule has 1 aliphatic carbocycles. The SMILES string of the molecule is CC1(C)CCCC1C(=O)NC(CC(=O)O)c1ccccc1. The average Bonchev–Trinajstić information content (AvgIpc) is 2.78. The molecule has 0 spiro atoms. The van der Waals surface area contributed by atoms with Gasteiger partial charge in [0.15, 0.2) is 0 Å². The van der Waals surface area contributed by atoms with Crippen molar-refractivity contribution in [3.8, 4) is 0 Å². The molecule has 0 heterocycles. The zero-order chi connectivity index (χ0) is 15.5. The van der Waals surface area contributed by atoms with E-state index in [0.717, 1.165) is 24.8 Å². The Morgan fingerprint density at radius 2 is 2.00 bits per heavy atom. The first-order chi connectivity index (χ1) is 9.90. The summed E-state index contributed by atoms with van der Waals surface area (Å²) in [7, 11) is 0. The first-order valence-corrected chi connectivity index (χ1v) is 7.47. The minimum Gasteiger partial charge on any atom is -0.481 e. The zero-order valence-electron chi connectivity index (χ0n) is 12.6. The van der Waals surface area contributed by atoms with E-state index in [-0.39, 0.29) is 23.7 Å². The molecule has 114 valence electrons. The number of hydrogen-bond donors (Lipinski definition) is 2. The molecule has 4 nitrogen and oxygen atoms in total. The van der Waals surface area contributed by atoms with Gasteiger partial charge in [0.25, 0.3) is 0 Å². The van der Waals surface area contributed by atoms with Crippen molar-refractivity contribution in [2.75, 3.05) is 0 Å². The summed E-state index contributed by atoms with van der Waals surface area (Å²) in [5, 5.41) is 12.0. The lowest BCUT2D eigenvalue weighted by Gasteiger charge is -2.28. The molecule has 2 N–H and O–H groups in total. The quantitative estimate of drug-likeness (QED) is 0.875. The lowest BCUT2D eigenvalue weighted by atomic mass is 9.81. The second kappa shape index (κ2) is 6.29. The number of aliphatic carboxylic acids is 1. The number of amides is 1. The summed E-state index contributed by atoms with van der Waals surface area (Å²) in [6, 6.07) is 8.84. The van der Waals surface area contributed by atoms with E-state index in [1.54, 1.807) is 0 Å². The van der Waals surface area contributed by atoms with Gasteiger partial charge in [0, 0.05) is 5.92 Å². The highest BCUT2D eigenvalue weighted by atomic mass is 16.4. The van der Waals surface area contributed by atoms with Crippen LogP contribution in [0, 0.1) is 11.3 Å². The van der Waals surface area contributed by atoms with E-state index < -0.39 is 12.0 Å². The van der Waals surface area contributed by atoms with E-state index in [1.807, 2.05) is 30.3 Å². The van der Waals surface area contributed by atoms with Gasteiger partial charge < -0.3 is 10.4 Å². The Balaban J connectivity index is 2.12. The molecule has 1 aliphatic rings. The highest BCUT2D eigenvalue weighted by molar-refractivity contribution is 5.81. The van der Waals surface area contributed by atoms with E-state index in [9.17, 15) is 9.59 Å². The topological polar surface area (TPSA) is 66.4 Å². The van der Waals surface area contributed by atoms with Gasteiger partial charge in [0.2, 0.25) is 5.91 Å². The summed E-state index contributed by atoms with van der Waals surface area (Å²) < 4.78 is 0. The van der Waals surface area contributed by atoms with Crippen LogP contribution in [-0.2, 0) is 9.59 Å². The van der Waals surface area contributed by atoms with Gasteiger partial charge in [-0.2, -0.15) is 0 Å². The van der Waals surface area contributed by atoms with Crippen molar-refractivity contribution < 1.29 is 14.7 Å². The monoisotopic (exact) mass is 289 g/mol. The highest BCUT2D eigenvalue weighted by Crippen LogP contribution is 2.42. The molecule has 1 amide bonds. The van der Waals surface area contributed by atoms with Crippen LogP contribution in [0.4, 0.5) is 0 Å². The van der Waals surface area contributed by atoms with E-state index >= 15 is 0 Å². The zero-order valence-corrected chi connectivity index (χ0v) is 12.6. The first kappa shape index (κ1) is 15.5. The molecule has 21 heavy (non-hydrogen) atoms. The van der Waals surface area contributed by atoms with E-state index in [0.29, 0.717) is 0 Å². The Hall–Kier alpha value is -1.84. The summed E-state index contributed by atoms with van der Waals surface area (Å²) in [4.78, 5) is 23.6. The summed E-state index contributed by atoms with van der Waals surface area (Å²) in [5.41, 5.74) is 0.832. The van der Waals surface area contributed by atoms with Gasteiger partial charge >= 0.3 is 5.97 Å². The maximum Gasteiger partial charge on any atom is 0.305 e. The summed E-state index contributed by atoms with van der Waals surface area (Å²) in [5.74, 6) is -0.958. The number of carbonyl (C=O) groups is 2. The number of carbonyl (C=O) groups excluding carboxylic acids is 1. The van der Waals surface area contributed by atoms with Crippen LogP contribution >= 0.6 is 0 Å². The van der Waals surface area contributed by atoms with Crippen molar-refractivity contribution in [1.82, 2.24) is 5.32 Å². The molecule has 2 atom stereocenters. The summed E-state index contributed by atoms with van der Waals surface area (Å²) >= 11 is 0. The van der Waals surface area contributed by atoms with Crippen molar-refractivity contribution in [3.63, 3.8) is 0 Å². The summed E-state index contributed by atoms with van der Waals surface area (Å²) in [6.07, 6.45) is 2.89. The molecule has 4 heteroatoms. The molecule has 1 aromatic carbocycles. The largest absolute Gasteiger partial charge is 0.481 e. The molecule has 1 fully saturated rings. The smallest absolute Gasteiger partial charge is 0.305 e. The minimum atomic E-state index is -0.908. The first-order valence-electron chi connectivity index (χ1n) is 7.47. The lowest BCUT2D eigenvalue weighted by Crippen LogP contribution is -2.39. The Labute approximate surface area is 125 Å². The molecule has 0 aromatic heterocycles. The average molecular weight is 289 g/mol. The van der Waals surface area contributed by atoms with Crippen LogP contribution < -0.4 is 5.32 Å². The van der Waals surface area contributed by atoms with Gasteiger partial charge in [-0.3, -0.25) is 9.59 Å². The third-order valence-electron chi connectivity index (χ3n) is 4.47. The molecule has 0 radical (unpaired) electrons. The molecular weight excluding hydrogens is 266 g/mol. The number of hydrogen-bond acceptors (Lipinski definition) is 2. The standard InChI is InChI=1S/C17H23NO3/c1-17(2)10-6-9-13(17)16(21)18-14(11-15(19)20)12-7-4-3-5-8-12/h3-5,7-8,13-14H,6,9-11H2,1-2H3,(H,18,21)(H,19,20). The Morgan fingerprint density at radius 1 is 1.33 bits per heavy atom. The van der Waals surface area contributed by atoms with Crippen LogP contribution in [0.3, 0.4) is 0 Å². The molecule has 1 saturated carbocycles. The Kier molecular flexibility index (Phi) is 4.66. The predicted molar refractivity (Wildman–Crippen MR) is 80.7 cm³/mol. The molecular formula is C17H23NO3. The minimum absolute atomic E-state index is 0.00541. The number of rotatable bonds is 5. The number of nitrogens with one attached hydrogen (secondary N) is 1. The van der Waals surface area contributed by atoms with Crippen molar-refractivity contribution in [3.05, 3.63) is 35.9 Å². The van der Waals surface area contributed by atoms with Gasteiger partial charge in [-0.1, -0.05) is 50.6 Å². The number of carboxylic acid groups (broad SMARTS) is 1. The highest BCUT2D eigenvalue weighted by Gasteiger charge is 2.39. The maximum absolute atomic E-state index is 12.5.